The maximum atomic E-state index is 12.6. The first kappa shape index (κ1) is 73.9. The predicted octanol–water partition coefficient (Wildman–Crippen LogP) is 5.94. The summed E-state index contributed by atoms with van der Waals surface area (Å²) in [6, 6.07) is 35.6. The van der Waals surface area contributed by atoms with Gasteiger partial charge in [0.25, 0.3) is 11.8 Å². The van der Waals surface area contributed by atoms with E-state index in [-0.39, 0.29) is 100 Å². The van der Waals surface area contributed by atoms with Gasteiger partial charge in [-0.05, 0) is 143 Å². The second kappa shape index (κ2) is 34.3. The number of aliphatic carboxylic acids is 1. The molecule has 8 N–H and O–H groups in total. The number of nitrogens with two attached hydrogens (primary N) is 1. The highest BCUT2D eigenvalue weighted by Gasteiger charge is 2.43. The van der Waals surface area contributed by atoms with Crippen LogP contribution in [-0.4, -0.2) is 231 Å². The molecule has 0 bridgehead atoms. The van der Waals surface area contributed by atoms with Crippen LogP contribution in [0.1, 0.15) is 139 Å². The molecule has 3 saturated carbocycles. The highest BCUT2D eigenvalue weighted by Crippen LogP contribution is 2.40. The molecule has 9 fully saturated rings. The second-order valence-electron chi connectivity index (χ2n) is 30.0. The fourth-order valence-corrected chi connectivity index (χ4v) is 15.3. The number of carbonyl (C=O) groups excluding carboxylic acids is 6. The van der Waals surface area contributed by atoms with Gasteiger partial charge in [-0.2, -0.15) is 0 Å². The summed E-state index contributed by atoms with van der Waals surface area (Å²) in [6.45, 7) is 12.0. The molecular weight excluding hydrogens is 1340 g/mol. The molecule has 3 aliphatic carbocycles. The molecule has 558 valence electrons. The predicted molar refractivity (Wildman–Crippen MR) is 385 cm³/mol. The van der Waals surface area contributed by atoms with E-state index in [2.05, 4.69) is 103 Å². The minimum atomic E-state index is -0.630. The number of hydrogen-bond acceptors (Lipinski definition) is 23. The Balaban J connectivity index is 0.000000130. The Labute approximate surface area is 610 Å². The van der Waals surface area contributed by atoms with Gasteiger partial charge < -0.3 is 48.4 Å². The Hall–Kier alpha value is -9.36. The molecule has 5 amide bonds. The molecule has 105 heavy (non-hydrogen) atoms. The number of carbonyl (C=O) groups is 7. The number of likely N-dealkylation sites (tertiary alicyclic amines) is 6. The van der Waals surface area contributed by atoms with Crippen molar-refractivity contribution in [1.29, 1.82) is 0 Å². The van der Waals surface area contributed by atoms with E-state index in [1.165, 1.54) is 38.8 Å². The fourth-order valence-electron chi connectivity index (χ4n) is 15.3. The summed E-state index contributed by atoms with van der Waals surface area (Å²) < 4.78 is 21.6. The first-order valence-corrected chi connectivity index (χ1v) is 37.1. The van der Waals surface area contributed by atoms with Crippen LogP contribution in [0.4, 0.5) is 0 Å². The van der Waals surface area contributed by atoms with Gasteiger partial charge >= 0.3 is 5.97 Å². The van der Waals surface area contributed by atoms with Crippen LogP contribution in [0.2, 0.25) is 0 Å². The lowest BCUT2D eigenvalue weighted by molar-refractivity contribution is -0.149. The van der Waals surface area contributed by atoms with Crippen molar-refractivity contribution < 1.29 is 56.7 Å². The lowest BCUT2D eigenvalue weighted by Crippen LogP contribution is -2.60. The van der Waals surface area contributed by atoms with Crippen molar-refractivity contribution >= 4 is 41.3 Å². The van der Waals surface area contributed by atoms with Crippen LogP contribution in [-0.2, 0) is 19.2 Å². The summed E-state index contributed by atoms with van der Waals surface area (Å²) in [5.74, 6) is 5.56. The van der Waals surface area contributed by atoms with Crippen molar-refractivity contribution in [3.8, 4) is 33.8 Å². The Morgan fingerprint density at radius 2 is 0.829 bits per heavy atom. The summed E-state index contributed by atoms with van der Waals surface area (Å²) in [5.41, 5.74) is 11.9. The molecule has 16 rings (SSSR count). The van der Waals surface area contributed by atoms with Crippen LogP contribution < -0.4 is 32.8 Å². The van der Waals surface area contributed by atoms with Crippen molar-refractivity contribution in [3.63, 3.8) is 0 Å². The molecule has 6 aliphatic heterocycles. The topological polar surface area (TPSA) is 362 Å². The SMILES string of the molecule is CN1CCC(N2CC(C(=O)NNC(=O)C3CC(CC(=O)c4cc(-c5ccccc5)no4)C3)C2)CC1.CN1CCC(N2CC(C(=O)O)C2)CC1.CN1CCC(N2CC(c3nnc(C4CC(NC(=O)c5cc(-c6ccccc6)no5)C4)o3)C2)CC1.NNC(=O)C1CC(NC(=O)c2cc(-c3ccccc3)no2)C1. The zero-order chi connectivity index (χ0) is 73.1. The van der Waals surface area contributed by atoms with Crippen LogP contribution in [0, 0.1) is 29.6 Å². The molecule has 9 aliphatic rings. The summed E-state index contributed by atoms with van der Waals surface area (Å²) in [5, 5.41) is 35.2. The van der Waals surface area contributed by atoms with Gasteiger partial charge in [-0.3, -0.25) is 64.5 Å². The van der Waals surface area contributed by atoms with Gasteiger partial charge in [-0.1, -0.05) is 106 Å². The monoisotopic (exact) mass is 1440 g/mol. The highest BCUT2D eigenvalue weighted by atomic mass is 16.5. The number of hydrazine groups is 2. The van der Waals surface area contributed by atoms with E-state index in [0.717, 1.165) is 114 Å². The molecular formula is C76H97N17O12. The van der Waals surface area contributed by atoms with Crippen LogP contribution in [0.25, 0.3) is 33.8 Å². The molecule has 7 aromatic rings. The molecule has 0 unspecified atom stereocenters. The number of nitrogens with one attached hydrogen (secondary N) is 5. The number of Topliss-reactive ketones (excluding diaryl/α,β-unsaturated/α-hetero) is 1. The van der Waals surface area contributed by atoms with Gasteiger partial charge in [-0.25, -0.2) is 5.84 Å². The highest BCUT2D eigenvalue weighted by molar-refractivity contribution is 5.95. The van der Waals surface area contributed by atoms with Crippen molar-refractivity contribution in [2.75, 3.05) is 99.7 Å². The van der Waals surface area contributed by atoms with Gasteiger partial charge in [0.05, 0.1) is 17.8 Å². The summed E-state index contributed by atoms with van der Waals surface area (Å²) in [4.78, 5) is 98.2. The number of benzene rings is 3. The third-order valence-corrected chi connectivity index (χ3v) is 22.5. The number of nitrogens with zero attached hydrogens (tertiary/aromatic N) is 11. The molecule has 6 saturated heterocycles. The van der Waals surface area contributed by atoms with Gasteiger partial charge in [0.2, 0.25) is 52.6 Å². The lowest BCUT2D eigenvalue weighted by atomic mass is 9.72. The first-order chi connectivity index (χ1) is 50.9. The van der Waals surface area contributed by atoms with Crippen molar-refractivity contribution in [1.82, 2.24) is 82.0 Å². The number of hydrogen-bond donors (Lipinski definition) is 7. The Kier molecular flexibility index (Phi) is 24.1. The maximum Gasteiger partial charge on any atom is 0.309 e. The smallest absolute Gasteiger partial charge is 0.309 e. The number of aromatic nitrogens is 5. The van der Waals surface area contributed by atoms with E-state index in [1.807, 2.05) is 91.0 Å². The summed E-state index contributed by atoms with van der Waals surface area (Å²) >= 11 is 0. The number of ketones is 1. The molecule has 4 aromatic heterocycles. The molecule has 3 aromatic carbocycles. The van der Waals surface area contributed by atoms with Gasteiger partial charge in [-0.15, -0.1) is 10.2 Å². The third kappa shape index (κ3) is 18.8. The minimum absolute atomic E-state index is 0.0416. The van der Waals surface area contributed by atoms with E-state index in [0.29, 0.717) is 79.1 Å². The average Bonchev–Trinajstić information content (AvgIpc) is 1.74. The summed E-state index contributed by atoms with van der Waals surface area (Å²) in [7, 11) is 6.49. The maximum absolute atomic E-state index is 12.6. The van der Waals surface area contributed by atoms with Gasteiger partial charge in [0.15, 0.2) is 0 Å². The summed E-state index contributed by atoms with van der Waals surface area (Å²) in [6.07, 6.45) is 11.5. The average molecular weight is 1440 g/mol. The zero-order valence-electron chi connectivity index (χ0n) is 59.9. The molecule has 0 spiro atoms. The Bertz CT molecular complexity index is 4040. The van der Waals surface area contributed by atoms with Crippen molar-refractivity contribution in [2.45, 2.75) is 126 Å². The minimum Gasteiger partial charge on any atom is -0.481 e. The van der Waals surface area contributed by atoms with E-state index in [1.54, 1.807) is 18.2 Å². The molecule has 29 nitrogen and oxygen atoms in total. The Morgan fingerprint density at radius 1 is 0.457 bits per heavy atom. The van der Waals surface area contributed by atoms with Crippen molar-refractivity contribution in [3.05, 3.63) is 138 Å². The van der Waals surface area contributed by atoms with Gasteiger partial charge in [0, 0.05) is 129 Å². The number of rotatable bonds is 19. The van der Waals surface area contributed by atoms with Gasteiger partial charge in [0.1, 0.15) is 17.1 Å². The van der Waals surface area contributed by atoms with E-state index < -0.39 is 5.97 Å². The number of amides is 5. The number of carboxylic acid groups (broad SMARTS) is 1. The number of carboxylic acids is 1. The normalized spacial score (nSPS) is 23.7. The Morgan fingerprint density at radius 3 is 1.26 bits per heavy atom. The van der Waals surface area contributed by atoms with Crippen LogP contribution >= 0.6 is 0 Å². The molecule has 29 heteroatoms. The second-order valence-corrected chi connectivity index (χ2v) is 30.0. The van der Waals surface area contributed by atoms with Crippen LogP contribution in [0.3, 0.4) is 0 Å². The quantitative estimate of drug-likeness (QED) is 0.0213. The van der Waals surface area contributed by atoms with Crippen LogP contribution in [0.15, 0.2) is 127 Å². The van der Waals surface area contributed by atoms with E-state index >= 15 is 0 Å². The van der Waals surface area contributed by atoms with E-state index in [9.17, 15) is 33.6 Å². The zero-order valence-corrected chi connectivity index (χ0v) is 59.9. The molecule has 0 radical (unpaired) electrons. The standard InChI is InChI=1S/C26H33N5O4.C25H30N6O3.C15H16N4O3.C10H18N2O2/c1-30-9-7-21(8-10-30)31-15-20(16-31)26(34)28-27-25(33)19-11-17(12-19)13-23(32)24-14-22(29-35-24)18-5-3-2-4-6-18;1-30-9-7-20(8-10-30)31-14-18(15-31)25-28-27-24(33-25)17-11-19(12-17)26-23(32)22-13-21(29-34-22)16-5-3-2-4-6-16;16-18-14(20)10-6-11(7-10)17-15(21)13-8-12(19-22-13)9-4-2-1-3-5-9;1-11-4-2-9(3-5-11)12-6-8(7-12)10(13)14/h2-6,14,17,19-21H,7-13,15-16H2,1H3,(H,27,33)(H,28,34);2-6,13,17-20H,7-12,14-15H2,1H3,(H,26,32);1-5,8,10-11H,6-7,16H2,(H,17,21)(H,18,20);8-9H,2-7H2,1H3,(H,13,14). The first-order valence-electron chi connectivity index (χ1n) is 37.1. The number of piperidine rings is 3. The van der Waals surface area contributed by atoms with E-state index in [4.69, 9.17) is 28.9 Å². The largest absolute Gasteiger partial charge is 0.481 e. The van der Waals surface area contributed by atoms with Crippen molar-refractivity contribution in [2.24, 2.45) is 35.4 Å². The lowest BCUT2D eigenvalue weighted by Gasteiger charge is -2.46. The molecule has 0 atom stereocenters. The molecule has 10 heterocycles. The fraction of sp³-hybridized carbons (Fsp3) is 0.526. The van der Waals surface area contributed by atoms with Crippen LogP contribution in [0.5, 0.6) is 0 Å². The third-order valence-electron chi connectivity index (χ3n) is 22.5.